The minimum absolute atomic E-state index is 0.613. The van der Waals surface area contributed by atoms with Crippen LogP contribution >= 0.6 is 0 Å². The summed E-state index contributed by atoms with van der Waals surface area (Å²) in [7, 11) is 0. The van der Waals surface area contributed by atoms with Crippen molar-refractivity contribution >= 4 is 11.6 Å². The zero-order valence-corrected chi connectivity index (χ0v) is 11.8. The first-order chi connectivity index (χ1) is 10.3. The second kappa shape index (κ2) is 6.13. The van der Waals surface area contributed by atoms with Gasteiger partial charge in [-0.2, -0.15) is 0 Å². The van der Waals surface area contributed by atoms with Gasteiger partial charge in [0.15, 0.2) is 0 Å². The molecule has 4 nitrogen and oxygen atoms in total. The fourth-order valence-corrected chi connectivity index (χ4v) is 2.08. The Morgan fingerprint density at radius 3 is 2.52 bits per heavy atom. The van der Waals surface area contributed by atoms with Crippen molar-refractivity contribution in [3.63, 3.8) is 0 Å². The van der Waals surface area contributed by atoms with Gasteiger partial charge in [0.1, 0.15) is 0 Å². The third-order valence-corrected chi connectivity index (χ3v) is 3.25. The van der Waals surface area contributed by atoms with Crippen molar-refractivity contribution < 1.29 is 0 Å². The molecular formula is C17H16N4. The van der Waals surface area contributed by atoms with Gasteiger partial charge in [-0.05, 0) is 24.1 Å². The fraction of sp³-hybridized carbons (Fsp3) is 0.118. The number of hydrogen-bond acceptors (Lipinski definition) is 3. The van der Waals surface area contributed by atoms with Crippen LogP contribution in [0.5, 0.6) is 0 Å². The van der Waals surface area contributed by atoms with Gasteiger partial charge in [0.2, 0.25) is 5.95 Å². The summed E-state index contributed by atoms with van der Waals surface area (Å²) < 4.78 is 1.98. The number of imidazole rings is 1. The third-order valence-electron chi connectivity index (χ3n) is 3.25. The summed E-state index contributed by atoms with van der Waals surface area (Å²) in [5, 5.41) is 8.56. The van der Waals surface area contributed by atoms with Crippen LogP contribution in [0.4, 0.5) is 11.6 Å². The van der Waals surface area contributed by atoms with Crippen LogP contribution in [0.15, 0.2) is 77.2 Å². The van der Waals surface area contributed by atoms with Crippen molar-refractivity contribution in [2.75, 3.05) is 0 Å². The van der Waals surface area contributed by atoms with Crippen LogP contribution in [-0.4, -0.2) is 9.55 Å². The highest BCUT2D eigenvalue weighted by atomic mass is 15.3. The molecule has 0 bridgehead atoms. The maximum absolute atomic E-state index is 4.29. The third kappa shape index (κ3) is 3.23. The normalized spacial score (nSPS) is 11.1. The molecule has 1 aromatic heterocycles. The van der Waals surface area contributed by atoms with Gasteiger partial charge in [-0.15, -0.1) is 10.2 Å². The van der Waals surface area contributed by atoms with Crippen molar-refractivity contribution in [3.8, 4) is 0 Å². The lowest BCUT2D eigenvalue weighted by atomic mass is 10.2. The fourth-order valence-electron chi connectivity index (χ4n) is 2.08. The van der Waals surface area contributed by atoms with E-state index in [-0.39, 0.29) is 0 Å². The SMILES string of the molecule is Cc1ccccc1N=Nc1nccn1Cc1ccccc1. The number of azo groups is 1. The summed E-state index contributed by atoms with van der Waals surface area (Å²) in [5.74, 6) is 0.613. The number of hydrogen-bond donors (Lipinski definition) is 0. The van der Waals surface area contributed by atoms with Gasteiger partial charge in [0.05, 0.1) is 12.2 Å². The molecule has 0 aliphatic heterocycles. The molecule has 0 aliphatic rings. The van der Waals surface area contributed by atoms with E-state index < -0.39 is 0 Å². The topological polar surface area (TPSA) is 42.5 Å². The van der Waals surface area contributed by atoms with Gasteiger partial charge in [-0.1, -0.05) is 48.5 Å². The molecule has 3 rings (SSSR count). The summed E-state index contributed by atoms with van der Waals surface area (Å²) >= 11 is 0. The Morgan fingerprint density at radius 1 is 0.952 bits per heavy atom. The Labute approximate surface area is 123 Å². The van der Waals surface area contributed by atoms with Gasteiger partial charge in [-0.3, -0.25) is 0 Å². The Balaban J connectivity index is 1.81. The number of aromatic nitrogens is 2. The van der Waals surface area contributed by atoms with Gasteiger partial charge in [0.25, 0.3) is 0 Å². The average Bonchev–Trinajstić information content (AvgIpc) is 2.95. The quantitative estimate of drug-likeness (QED) is 0.639. The first kappa shape index (κ1) is 13.2. The summed E-state index contributed by atoms with van der Waals surface area (Å²) in [4.78, 5) is 4.26. The highest BCUT2D eigenvalue weighted by Crippen LogP contribution is 2.21. The van der Waals surface area contributed by atoms with Crippen molar-refractivity contribution in [3.05, 3.63) is 78.1 Å². The first-order valence-electron chi connectivity index (χ1n) is 6.85. The standard InChI is InChI=1S/C17H16N4/c1-14-7-5-6-10-16(14)19-20-17-18-11-12-21(17)13-15-8-3-2-4-9-15/h2-12H,13H2,1H3. The van der Waals surface area contributed by atoms with Crippen LogP contribution in [0.3, 0.4) is 0 Å². The van der Waals surface area contributed by atoms with E-state index in [1.54, 1.807) is 6.20 Å². The van der Waals surface area contributed by atoms with Crippen LogP contribution in [0.25, 0.3) is 0 Å². The van der Waals surface area contributed by atoms with Crippen LogP contribution < -0.4 is 0 Å². The van der Waals surface area contributed by atoms with E-state index in [0.717, 1.165) is 17.8 Å². The average molecular weight is 276 g/mol. The molecule has 0 saturated heterocycles. The van der Waals surface area contributed by atoms with Crippen molar-refractivity contribution in [2.45, 2.75) is 13.5 Å². The minimum atomic E-state index is 0.613. The van der Waals surface area contributed by atoms with E-state index >= 15 is 0 Å². The zero-order valence-electron chi connectivity index (χ0n) is 11.8. The Kier molecular flexibility index (Phi) is 3.87. The molecule has 104 valence electrons. The van der Waals surface area contributed by atoms with Gasteiger partial charge < -0.3 is 4.57 Å². The maximum atomic E-state index is 4.29. The number of nitrogens with zero attached hydrogens (tertiary/aromatic N) is 4. The molecule has 0 amide bonds. The molecule has 1 heterocycles. The van der Waals surface area contributed by atoms with E-state index in [0.29, 0.717) is 5.95 Å². The van der Waals surface area contributed by atoms with E-state index in [9.17, 15) is 0 Å². The lowest BCUT2D eigenvalue weighted by Gasteiger charge is -2.04. The van der Waals surface area contributed by atoms with Crippen LogP contribution in [0, 0.1) is 6.92 Å². The van der Waals surface area contributed by atoms with Crippen LogP contribution in [0.2, 0.25) is 0 Å². The lowest BCUT2D eigenvalue weighted by molar-refractivity contribution is 0.791. The molecular weight excluding hydrogens is 260 g/mol. The first-order valence-corrected chi connectivity index (χ1v) is 6.85. The van der Waals surface area contributed by atoms with Crippen molar-refractivity contribution in [1.82, 2.24) is 9.55 Å². The van der Waals surface area contributed by atoms with Gasteiger partial charge in [-0.25, -0.2) is 4.98 Å². The van der Waals surface area contributed by atoms with Crippen LogP contribution in [0.1, 0.15) is 11.1 Å². The van der Waals surface area contributed by atoms with Gasteiger partial charge in [0, 0.05) is 12.4 Å². The number of rotatable bonds is 4. The molecule has 4 heteroatoms. The molecule has 2 aromatic carbocycles. The molecule has 0 aliphatic carbocycles. The van der Waals surface area contributed by atoms with E-state index in [1.165, 1.54) is 5.56 Å². The molecule has 0 radical (unpaired) electrons. The minimum Gasteiger partial charge on any atom is -0.310 e. The Bertz CT molecular complexity index is 744. The van der Waals surface area contributed by atoms with E-state index in [4.69, 9.17) is 0 Å². The molecule has 0 atom stereocenters. The maximum Gasteiger partial charge on any atom is 0.249 e. The number of aryl methyl sites for hydroxylation is 1. The summed E-state index contributed by atoms with van der Waals surface area (Å²) in [5.41, 5.74) is 3.18. The lowest BCUT2D eigenvalue weighted by Crippen LogP contribution is -1.97. The van der Waals surface area contributed by atoms with E-state index in [2.05, 4.69) is 27.3 Å². The van der Waals surface area contributed by atoms with Crippen LogP contribution in [-0.2, 0) is 6.54 Å². The second-order valence-electron chi connectivity index (χ2n) is 4.83. The summed E-state index contributed by atoms with van der Waals surface area (Å²) in [6.07, 6.45) is 3.66. The zero-order chi connectivity index (χ0) is 14.5. The molecule has 0 N–H and O–H groups in total. The van der Waals surface area contributed by atoms with Crippen molar-refractivity contribution in [2.24, 2.45) is 10.2 Å². The molecule has 21 heavy (non-hydrogen) atoms. The molecule has 3 aromatic rings. The smallest absolute Gasteiger partial charge is 0.249 e. The molecule has 0 saturated carbocycles. The highest BCUT2D eigenvalue weighted by molar-refractivity contribution is 5.44. The second-order valence-corrected chi connectivity index (χ2v) is 4.83. The predicted octanol–water partition coefficient (Wildman–Crippen LogP) is 4.66. The molecule has 0 spiro atoms. The molecule has 0 fully saturated rings. The highest BCUT2D eigenvalue weighted by Gasteiger charge is 2.02. The Hall–Kier alpha value is -2.75. The summed E-state index contributed by atoms with van der Waals surface area (Å²) in [6.45, 7) is 2.76. The number of benzene rings is 2. The van der Waals surface area contributed by atoms with Gasteiger partial charge >= 0.3 is 0 Å². The molecule has 0 unspecified atom stereocenters. The van der Waals surface area contributed by atoms with Crippen molar-refractivity contribution in [1.29, 1.82) is 0 Å². The summed E-state index contributed by atoms with van der Waals surface area (Å²) in [6, 6.07) is 18.2. The van der Waals surface area contributed by atoms with E-state index in [1.807, 2.05) is 60.2 Å². The monoisotopic (exact) mass is 276 g/mol. The largest absolute Gasteiger partial charge is 0.310 e. The predicted molar refractivity (Wildman–Crippen MR) is 83.1 cm³/mol. The Morgan fingerprint density at radius 2 is 1.71 bits per heavy atom.